The summed E-state index contributed by atoms with van der Waals surface area (Å²) in [5.74, 6) is -0.0261. The van der Waals surface area contributed by atoms with E-state index in [1.165, 1.54) is 25.7 Å². The van der Waals surface area contributed by atoms with Crippen LogP contribution in [0.2, 0.25) is 0 Å². The number of nitrogens with one attached hydrogen (secondary N) is 2. The molecular weight excluding hydrogens is 216 g/mol. The average molecular weight is 242 g/mol. The number of aliphatic carboxylic acids is 1. The lowest BCUT2D eigenvalue weighted by Crippen LogP contribution is -2.69. The van der Waals surface area contributed by atoms with E-state index in [2.05, 4.69) is 24.5 Å². The molecular formula is C13H26N2O2. The van der Waals surface area contributed by atoms with Crippen molar-refractivity contribution in [3.05, 3.63) is 0 Å². The second-order valence-electron chi connectivity index (χ2n) is 5.25. The van der Waals surface area contributed by atoms with E-state index >= 15 is 0 Å². The van der Waals surface area contributed by atoms with Crippen LogP contribution in [0.4, 0.5) is 0 Å². The fraction of sp³-hybridized carbons (Fsp3) is 0.923. The lowest BCUT2D eigenvalue weighted by atomic mass is 9.87. The third-order valence-corrected chi connectivity index (χ3v) is 3.73. The quantitative estimate of drug-likeness (QED) is 0.575. The Bertz CT molecular complexity index is 240. The van der Waals surface area contributed by atoms with Gasteiger partial charge in [-0.2, -0.15) is 0 Å². The molecule has 0 aromatic carbocycles. The normalized spacial score (nSPS) is 19.6. The van der Waals surface area contributed by atoms with Crippen LogP contribution in [0.15, 0.2) is 0 Å². The smallest absolute Gasteiger partial charge is 0.305 e. The number of carbonyl (C=O) groups is 1. The first-order chi connectivity index (χ1) is 8.12. The molecule has 0 spiro atoms. The van der Waals surface area contributed by atoms with Gasteiger partial charge in [-0.1, -0.05) is 33.1 Å². The molecule has 3 N–H and O–H groups in total. The molecule has 0 bridgehead atoms. The van der Waals surface area contributed by atoms with Crippen LogP contribution in [0.25, 0.3) is 0 Å². The molecule has 0 aliphatic carbocycles. The van der Waals surface area contributed by atoms with Gasteiger partial charge in [0.25, 0.3) is 0 Å². The van der Waals surface area contributed by atoms with Crippen molar-refractivity contribution >= 4 is 5.97 Å². The Hall–Kier alpha value is -0.610. The number of unbranched alkanes of at least 4 members (excludes halogenated alkanes) is 1. The summed E-state index contributed by atoms with van der Waals surface area (Å²) in [6.07, 6.45) is 5.15. The molecule has 1 unspecified atom stereocenters. The van der Waals surface area contributed by atoms with Gasteiger partial charge in [0.1, 0.15) is 0 Å². The fourth-order valence-electron chi connectivity index (χ4n) is 2.33. The first-order valence-electron chi connectivity index (χ1n) is 6.79. The Labute approximate surface area is 104 Å². The second kappa shape index (κ2) is 6.97. The van der Waals surface area contributed by atoms with Gasteiger partial charge in [0, 0.05) is 13.1 Å². The van der Waals surface area contributed by atoms with Gasteiger partial charge in [-0.25, -0.2) is 0 Å². The van der Waals surface area contributed by atoms with Crippen molar-refractivity contribution in [2.45, 2.75) is 51.5 Å². The Balaban J connectivity index is 2.32. The predicted octanol–water partition coefficient (Wildman–Crippen LogP) is 1.61. The van der Waals surface area contributed by atoms with Crippen LogP contribution in [0.3, 0.4) is 0 Å². The molecule has 1 aliphatic heterocycles. The molecule has 0 aromatic rings. The zero-order chi connectivity index (χ0) is 12.7. The molecule has 100 valence electrons. The van der Waals surface area contributed by atoms with E-state index in [-0.39, 0.29) is 12.0 Å². The monoisotopic (exact) mass is 242 g/mol. The molecule has 1 heterocycles. The Kier molecular flexibility index (Phi) is 5.92. The minimum Gasteiger partial charge on any atom is -0.481 e. The van der Waals surface area contributed by atoms with Gasteiger partial charge in [-0.05, 0) is 18.9 Å². The summed E-state index contributed by atoms with van der Waals surface area (Å²) in [6.45, 7) is 6.94. The van der Waals surface area contributed by atoms with Crippen LogP contribution >= 0.6 is 0 Å². The first kappa shape index (κ1) is 14.5. The van der Waals surface area contributed by atoms with Gasteiger partial charge in [-0.3, -0.25) is 4.79 Å². The Morgan fingerprint density at radius 3 is 2.59 bits per heavy atom. The van der Waals surface area contributed by atoms with E-state index < -0.39 is 5.97 Å². The van der Waals surface area contributed by atoms with E-state index in [9.17, 15) is 4.79 Å². The molecule has 1 atom stereocenters. The van der Waals surface area contributed by atoms with Crippen molar-refractivity contribution in [2.75, 3.05) is 19.6 Å². The highest BCUT2D eigenvalue weighted by Crippen LogP contribution is 2.18. The molecule has 4 nitrogen and oxygen atoms in total. The largest absolute Gasteiger partial charge is 0.481 e. The minimum absolute atomic E-state index is 0.189. The summed E-state index contributed by atoms with van der Waals surface area (Å²) in [7, 11) is 0. The lowest BCUT2D eigenvalue weighted by molar-refractivity contribution is -0.139. The average Bonchev–Trinajstić information content (AvgIpc) is 2.25. The van der Waals surface area contributed by atoms with Crippen LogP contribution in [0.1, 0.15) is 46.0 Å². The van der Waals surface area contributed by atoms with Gasteiger partial charge in [0.05, 0.1) is 12.0 Å². The molecule has 17 heavy (non-hydrogen) atoms. The standard InChI is InChI=1S/C13H26N2O2/c1-3-5-6-11(4-2)8-15-13(7-12(16)17)9-14-10-13/h11,14-15H,3-10H2,1-2H3,(H,16,17). The maximum absolute atomic E-state index is 10.8. The number of carboxylic acid groups (broad SMARTS) is 1. The van der Waals surface area contributed by atoms with E-state index in [1.54, 1.807) is 0 Å². The third kappa shape index (κ3) is 4.64. The van der Waals surface area contributed by atoms with Gasteiger partial charge in [0.2, 0.25) is 0 Å². The molecule has 1 saturated heterocycles. The molecule has 0 radical (unpaired) electrons. The maximum atomic E-state index is 10.8. The SMILES string of the molecule is CCCCC(CC)CNC1(CC(=O)O)CNC1. The molecule has 0 aromatic heterocycles. The van der Waals surface area contributed by atoms with Gasteiger partial charge < -0.3 is 15.7 Å². The Morgan fingerprint density at radius 1 is 1.47 bits per heavy atom. The van der Waals surface area contributed by atoms with Crippen LogP contribution in [0.5, 0.6) is 0 Å². The zero-order valence-corrected chi connectivity index (χ0v) is 11.1. The molecule has 0 amide bonds. The third-order valence-electron chi connectivity index (χ3n) is 3.73. The summed E-state index contributed by atoms with van der Waals surface area (Å²) in [5, 5.41) is 15.6. The zero-order valence-electron chi connectivity index (χ0n) is 11.1. The van der Waals surface area contributed by atoms with Crippen molar-refractivity contribution in [3.8, 4) is 0 Å². The molecule has 4 heteroatoms. The van der Waals surface area contributed by atoms with Gasteiger partial charge >= 0.3 is 5.97 Å². The fourth-order valence-corrected chi connectivity index (χ4v) is 2.33. The molecule has 1 aliphatic rings. The van der Waals surface area contributed by atoms with Crippen LogP contribution in [-0.2, 0) is 4.79 Å². The summed E-state index contributed by atoms with van der Waals surface area (Å²) in [6, 6.07) is 0. The van der Waals surface area contributed by atoms with Crippen LogP contribution in [0, 0.1) is 5.92 Å². The van der Waals surface area contributed by atoms with Crippen molar-refractivity contribution in [3.63, 3.8) is 0 Å². The highest BCUT2D eigenvalue weighted by Gasteiger charge is 2.38. The van der Waals surface area contributed by atoms with Crippen molar-refractivity contribution in [1.29, 1.82) is 0 Å². The number of hydrogen-bond acceptors (Lipinski definition) is 3. The number of carboxylic acids is 1. The Morgan fingerprint density at radius 2 is 2.18 bits per heavy atom. The minimum atomic E-state index is -0.708. The highest BCUT2D eigenvalue weighted by atomic mass is 16.4. The van der Waals surface area contributed by atoms with Crippen molar-refractivity contribution in [2.24, 2.45) is 5.92 Å². The lowest BCUT2D eigenvalue weighted by Gasteiger charge is -2.43. The summed E-state index contributed by atoms with van der Waals surface area (Å²) >= 11 is 0. The van der Waals surface area contributed by atoms with Crippen LogP contribution < -0.4 is 10.6 Å². The van der Waals surface area contributed by atoms with Crippen LogP contribution in [-0.4, -0.2) is 36.2 Å². The van der Waals surface area contributed by atoms with E-state index in [0.29, 0.717) is 5.92 Å². The molecule has 1 rings (SSSR count). The number of hydrogen-bond donors (Lipinski definition) is 3. The van der Waals surface area contributed by atoms with Crippen molar-refractivity contribution < 1.29 is 9.90 Å². The van der Waals surface area contributed by atoms with E-state index in [1.807, 2.05) is 0 Å². The molecule has 1 fully saturated rings. The van der Waals surface area contributed by atoms with Gasteiger partial charge in [0.15, 0.2) is 0 Å². The summed E-state index contributed by atoms with van der Waals surface area (Å²) in [5.41, 5.74) is -0.189. The predicted molar refractivity (Wildman–Crippen MR) is 69.2 cm³/mol. The summed E-state index contributed by atoms with van der Waals surface area (Å²) < 4.78 is 0. The number of rotatable bonds is 9. The second-order valence-corrected chi connectivity index (χ2v) is 5.25. The first-order valence-corrected chi connectivity index (χ1v) is 6.79. The van der Waals surface area contributed by atoms with E-state index in [4.69, 9.17) is 5.11 Å². The van der Waals surface area contributed by atoms with E-state index in [0.717, 1.165) is 19.6 Å². The summed E-state index contributed by atoms with van der Waals surface area (Å²) in [4.78, 5) is 10.8. The van der Waals surface area contributed by atoms with Crippen molar-refractivity contribution in [1.82, 2.24) is 10.6 Å². The highest BCUT2D eigenvalue weighted by molar-refractivity contribution is 5.68. The van der Waals surface area contributed by atoms with Gasteiger partial charge in [-0.15, -0.1) is 0 Å². The molecule has 0 saturated carbocycles. The topological polar surface area (TPSA) is 61.4 Å². The maximum Gasteiger partial charge on any atom is 0.305 e.